The Hall–Kier alpha value is -0.450. The molecule has 1 aromatic rings. The third-order valence-electron chi connectivity index (χ3n) is 2.22. The average Bonchev–Trinajstić information content (AvgIpc) is 2.71. The zero-order chi connectivity index (χ0) is 11.1. The molecule has 0 radical (unpaired) electrons. The van der Waals surface area contributed by atoms with Crippen molar-refractivity contribution in [3.8, 4) is 0 Å². The van der Waals surface area contributed by atoms with Gasteiger partial charge in [0.2, 0.25) is 0 Å². The Morgan fingerprint density at radius 1 is 1.60 bits per heavy atom. The molecule has 1 heterocycles. The van der Waals surface area contributed by atoms with Crippen LogP contribution in [0.1, 0.15) is 36.2 Å². The molecule has 86 valence electrons. The van der Waals surface area contributed by atoms with Crippen molar-refractivity contribution in [2.45, 2.75) is 32.7 Å². The molecule has 1 unspecified atom stereocenters. The fourth-order valence-corrected chi connectivity index (χ4v) is 2.22. The van der Waals surface area contributed by atoms with Gasteiger partial charge in [0, 0.05) is 30.6 Å². The van der Waals surface area contributed by atoms with Gasteiger partial charge in [-0.2, -0.15) is 0 Å². The first-order valence-electron chi connectivity index (χ1n) is 5.44. The van der Waals surface area contributed by atoms with Gasteiger partial charge in [-0.3, -0.25) is 0 Å². The van der Waals surface area contributed by atoms with Crippen molar-refractivity contribution in [3.05, 3.63) is 16.1 Å². The highest BCUT2D eigenvalue weighted by Gasteiger charge is 2.08. The third-order valence-corrected chi connectivity index (χ3v) is 3.46. The lowest BCUT2D eigenvalue weighted by molar-refractivity contribution is 0.202. The van der Waals surface area contributed by atoms with E-state index in [4.69, 9.17) is 4.74 Å². The molecule has 15 heavy (non-hydrogen) atoms. The molecular formula is C11H20N2OS. The molecule has 1 aromatic heterocycles. The van der Waals surface area contributed by atoms with Crippen molar-refractivity contribution in [2.75, 3.05) is 20.3 Å². The summed E-state index contributed by atoms with van der Waals surface area (Å²) in [5.41, 5.74) is 0. The van der Waals surface area contributed by atoms with Gasteiger partial charge in [0.1, 0.15) is 0 Å². The standard InChI is InChI=1S/C11H20N2OS/c1-4-6-12-9(2)10-8-13-11(15-10)5-7-14-3/h8-9,12H,4-7H2,1-3H3. The molecule has 1 atom stereocenters. The van der Waals surface area contributed by atoms with Crippen LogP contribution >= 0.6 is 11.3 Å². The minimum absolute atomic E-state index is 0.416. The van der Waals surface area contributed by atoms with Gasteiger partial charge in [-0.25, -0.2) is 4.98 Å². The topological polar surface area (TPSA) is 34.2 Å². The zero-order valence-electron chi connectivity index (χ0n) is 9.75. The van der Waals surface area contributed by atoms with Gasteiger partial charge in [0.15, 0.2) is 0 Å². The fraction of sp³-hybridized carbons (Fsp3) is 0.727. The number of nitrogens with zero attached hydrogens (tertiary/aromatic N) is 1. The second-order valence-electron chi connectivity index (χ2n) is 3.57. The Labute approximate surface area is 95.9 Å². The Bertz CT molecular complexity index is 275. The maximum absolute atomic E-state index is 5.03. The maximum Gasteiger partial charge on any atom is 0.0951 e. The largest absolute Gasteiger partial charge is 0.384 e. The highest BCUT2D eigenvalue weighted by atomic mass is 32.1. The van der Waals surface area contributed by atoms with Gasteiger partial charge < -0.3 is 10.1 Å². The summed E-state index contributed by atoms with van der Waals surface area (Å²) in [4.78, 5) is 5.70. The Morgan fingerprint density at radius 2 is 2.40 bits per heavy atom. The molecule has 0 fully saturated rings. The Kier molecular flexibility index (Phi) is 5.83. The third kappa shape index (κ3) is 4.28. The molecule has 0 aliphatic heterocycles. The fourth-order valence-electron chi connectivity index (χ4n) is 1.29. The van der Waals surface area contributed by atoms with Crippen molar-refractivity contribution in [1.82, 2.24) is 10.3 Å². The van der Waals surface area contributed by atoms with E-state index in [1.807, 2.05) is 6.20 Å². The van der Waals surface area contributed by atoms with Crippen LogP contribution in [0.25, 0.3) is 0 Å². The first-order valence-corrected chi connectivity index (χ1v) is 6.26. The maximum atomic E-state index is 5.03. The van der Waals surface area contributed by atoms with Crippen molar-refractivity contribution in [3.63, 3.8) is 0 Å². The number of ether oxygens (including phenoxy) is 1. The normalized spacial score (nSPS) is 13.0. The average molecular weight is 228 g/mol. The van der Waals surface area contributed by atoms with Crippen molar-refractivity contribution in [1.29, 1.82) is 0 Å². The summed E-state index contributed by atoms with van der Waals surface area (Å²) in [5, 5.41) is 4.62. The predicted molar refractivity (Wildman–Crippen MR) is 64.4 cm³/mol. The van der Waals surface area contributed by atoms with E-state index in [1.165, 1.54) is 11.3 Å². The molecule has 0 saturated carbocycles. The predicted octanol–water partition coefficient (Wildman–Crippen LogP) is 2.39. The van der Waals surface area contributed by atoms with E-state index in [0.717, 1.165) is 24.6 Å². The highest BCUT2D eigenvalue weighted by molar-refractivity contribution is 7.11. The van der Waals surface area contributed by atoms with Crippen LogP contribution in [-0.4, -0.2) is 25.2 Å². The van der Waals surface area contributed by atoms with E-state index in [1.54, 1.807) is 18.4 Å². The molecule has 0 aliphatic rings. The minimum Gasteiger partial charge on any atom is -0.384 e. The molecule has 0 spiro atoms. The van der Waals surface area contributed by atoms with E-state index < -0.39 is 0 Å². The number of methoxy groups -OCH3 is 1. The zero-order valence-corrected chi connectivity index (χ0v) is 10.6. The van der Waals surface area contributed by atoms with E-state index in [0.29, 0.717) is 6.04 Å². The summed E-state index contributed by atoms with van der Waals surface area (Å²) >= 11 is 1.78. The van der Waals surface area contributed by atoms with E-state index >= 15 is 0 Å². The van der Waals surface area contributed by atoms with Crippen LogP contribution in [0.5, 0.6) is 0 Å². The number of aromatic nitrogens is 1. The first kappa shape index (κ1) is 12.6. The second kappa shape index (κ2) is 6.93. The monoisotopic (exact) mass is 228 g/mol. The van der Waals surface area contributed by atoms with E-state index in [2.05, 4.69) is 24.1 Å². The number of nitrogens with one attached hydrogen (secondary N) is 1. The highest BCUT2D eigenvalue weighted by Crippen LogP contribution is 2.20. The van der Waals surface area contributed by atoms with Gasteiger partial charge in [0.05, 0.1) is 11.6 Å². The van der Waals surface area contributed by atoms with E-state index in [9.17, 15) is 0 Å². The first-order chi connectivity index (χ1) is 7.27. The van der Waals surface area contributed by atoms with Crippen molar-refractivity contribution in [2.24, 2.45) is 0 Å². The van der Waals surface area contributed by atoms with Crippen molar-refractivity contribution < 1.29 is 4.74 Å². The molecule has 4 heteroatoms. The molecule has 0 aromatic carbocycles. The van der Waals surface area contributed by atoms with Crippen LogP contribution in [-0.2, 0) is 11.2 Å². The summed E-state index contributed by atoms with van der Waals surface area (Å²) in [6.45, 7) is 6.18. The van der Waals surface area contributed by atoms with Crippen LogP contribution in [0, 0.1) is 0 Å². The van der Waals surface area contributed by atoms with Crippen LogP contribution in [0.4, 0.5) is 0 Å². The van der Waals surface area contributed by atoms with E-state index in [-0.39, 0.29) is 0 Å². The summed E-state index contributed by atoms with van der Waals surface area (Å²) in [5.74, 6) is 0. The molecule has 1 N–H and O–H groups in total. The molecule has 0 aliphatic carbocycles. The lowest BCUT2D eigenvalue weighted by Gasteiger charge is -2.09. The number of hydrogen-bond donors (Lipinski definition) is 1. The van der Waals surface area contributed by atoms with Crippen LogP contribution in [0.2, 0.25) is 0 Å². The molecule has 0 saturated heterocycles. The molecule has 3 nitrogen and oxygen atoms in total. The van der Waals surface area contributed by atoms with Crippen molar-refractivity contribution >= 4 is 11.3 Å². The van der Waals surface area contributed by atoms with Gasteiger partial charge >= 0.3 is 0 Å². The molecule has 0 bridgehead atoms. The number of hydrogen-bond acceptors (Lipinski definition) is 4. The van der Waals surface area contributed by atoms with Crippen LogP contribution in [0.3, 0.4) is 0 Å². The molecule has 0 amide bonds. The number of rotatable bonds is 7. The molecular weight excluding hydrogens is 208 g/mol. The smallest absolute Gasteiger partial charge is 0.0951 e. The summed E-state index contributed by atoms with van der Waals surface area (Å²) < 4.78 is 5.03. The summed E-state index contributed by atoms with van der Waals surface area (Å²) in [7, 11) is 1.72. The van der Waals surface area contributed by atoms with Crippen LogP contribution in [0.15, 0.2) is 6.20 Å². The van der Waals surface area contributed by atoms with Gasteiger partial charge in [0.25, 0.3) is 0 Å². The molecule has 1 rings (SSSR count). The minimum atomic E-state index is 0.416. The summed E-state index contributed by atoms with van der Waals surface area (Å²) in [6, 6.07) is 0.416. The van der Waals surface area contributed by atoms with Crippen LogP contribution < -0.4 is 5.32 Å². The summed E-state index contributed by atoms with van der Waals surface area (Å²) in [6.07, 6.45) is 4.06. The Balaban J connectivity index is 2.43. The van der Waals surface area contributed by atoms with Gasteiger partial charge in [-0.15, -0.1) is 11.3 Å². The lowest BCUT2D eigenvalue weighted by atomic mass is 10.3. The number of thiazole rings is 1. The van der Waals surface area contributed by atoms with Gasteiger partial charge in [-0.05, 0) is 19.9 Å². The second-order valence-corrected chi connectivity index (χ2v) is 4.72. The Morgan fingerprint density at radius 3 is 3.07 bits per heavy atom. The lowest BCUT2D eigenvalue weighted by Crippen LogP contribution is -2.18. The SMILES string of the molecule is CCCNC(C)c1cnc(CCOC)s1. The van der Waals surface area contributed by atoms with Gasteiger partial charge in [-0.1, -0.05) is 6.92 Å². The quantitative estimate of drug-likeness (QED) is 0.778.